The van der Waals surface area contributed by atoms with Crippen molar-refractivity contribution in [2.24, 2.45) is 11.7 Å². The molecule has 140 valence electrons. The Kier molecular flexibility index (Phi) is 6.42. The second-order valence-corrected chi connectivity index (χ2v) is 8.04. The number of sulfonamides is 1. The van der Waals surface area contributed by atoms with Crippen LogP contribution < -0.4 is 15.8 Å². The second-order valence-electron chi connectivity index (χ2n) is 6.10. The van der Waals surface area contributed by atoms with Crippen molar-refractivity contribution in [3.8, 4) is 5.75 Å². The summed E-state index contributed by atoms with van der Waals surface area (Å²) in [6, 6.07) is 4.26. The lowest BCUT2D eigenvalue weighted by molar-refractivity contribution is 0.0930. The van der Waals surface area contributed by atoms with Crippen LogP contribution in [-0.4, -0.2) is 51.4 Å². The van der Waals surface area contributed by atoms with E-state index < -0.39 is 10.0 Å². The molecule has 1 atom stereocenters. The Morgan fingerprint density at radius 1 is 1.36 bits per heavy atom. The fourth-order valence-corrected chi connectivity index (χ4v) is 4.34. The largest absolute Gasteiger partial charge is 0.496 e. The summed E-state index contributed by atoms with van der Waals surface area (Å²) in [5, 5.41) is 2.90. The summed E-state index contributed by atoms with van der Waals surface area (Å²) >= 11 is 0. The van der Waals surface area contributed by atoms with Gasteiger partial charge in [0.2, 0.25) is 10.0 Å². The van der Waals surface area contributed by atoms with E-state index in [4.69, 9.17) is 10.5 Å². The Morgan fingerprint density at radius 2 is 2.00 bits per heavy atom. The van der Waals surface area contributed by atoms with E-state index in [0.29, 0.717) is 31.3 Å². The molecule has 1 amide bonds. The highest BCUT2D eigenvalue weighted by atomic mass is 32.2. The first-order chi connectivity index (χ1) is 11.9. The van der Waals surface area contributed by atoms with Gasteiger partial charge in [0, 0.05) is 25.7 Å². The maximum absolute atomic E-state index is 12.7. The van der Waals surface area contributed by atoms with Gasteiger partial charge in [-0.25, -0.2) is 8.42 Å². The van der Waals surface area contributed by atoms with Crippen LogP contribution in [-0.2, 0) is 10.0 Å². The van der Waals surface area contributed by atoms with Crippen molar-refractivity contribution >= 4 is 15.9 Å². The highest BCUT2D eigenvalue weighted by Crippen LogP contribution is 2.32. The van der Waals surface area contributed by atoms with Crippen LogP contribution in [0.2, 0.25) is 0 Å². The Balaban J connectivity index is 2.35. The maximum atomic E-state index is 12.7. The van der Waals surface area contributed by atoms with Crippen LogP contribution in [0.5, 0.6) is 5.75 Å². The van der Waals surface area contributed by atoms with Gasteiger partial charge in [0.05, 0.1) is 17.6 Å². The molecule has 1 unspecified atom stereocenters. The molecule has 1 saturated carbocycles. The number of carbonyl (C=O) groups is 1. The number of ether oxygens (including phenoxy) is 1. The zero-order chi connectivity index (χ0) is 18.6. The molecular weight excluding hydrogens is 342 g/mol. The van der Waals surface area contributed by atoms with Gasteiger partial charge in [-0.3, -0.25) is 4.79 Å². The minimum absolute atomic E-state index is 0.0814. The van der Waals surface area contributed by atoms with Crippen LogP contribution in [0.4, 0.5) is 0 Å². The molecule has 25 heavy (non-hydrogen) atoms. The van der Waals surface area contributed by atoms with Crippen LogP contribution in [0, 0.1) is 5.92 Å². The minimum atomic E-state index is -3.65. The fourth-order valence-electron chi connectivity index (χ4n) is 2.85. The van der Waals surface area contributed by atoms with E-state index in [2.05, 4.69) is 5.32 Å². The number of hydrogen-bond donors (Lipinski definition) is 2. The summed E-state index contributed by atoms with van der Waals surface area (Å²) in [4.78, 5) is 12.7. The molecule has 3 N–H and O–H groups in total. The summed E-state index contributed by atoms with van der Waals surface area (Å²) in [5.41, 5.74) is 5.94. The van der Waals surface area contributed by atoms with Gasteiger partial charge in [-0.15, -0.1) is 0 Å². The second kappa shape index (κ2) is 8.16. The maximum Gasteiger partial charge on any atom is 0.255 e. The number of nitrogens with one attached hydrogen (secondary N) is 1. The molecule has 1 aliphatic rings. The molecule has 8 heteroatoms. The molecule has 1 fully saturated rings. The average molecular weight is 369 g/mol. The van der Waals surface area contributed by atoms with Gasteiger partial charge >= 0.3 is 0 Å². The molecular formula is C17H27N3O4S. The lowest BCUT2D eigenvalue weighted by Crippen LogP contribution is -2.42. The standard InChI is InChI=1S/C17H27N3O4S/c1-4-20(5-2)25(22,23)13-8-9-16(24-3)14(10-13)17(21)19-15(11-18)12-6-7-12/h8-10,12,15H,4-7,11,18H2,1-3H3,(H,19,21). The number of nitrogens with two attached hydrogens (primary N) is 1. The number of hydrogen-bond acceptors (Lipinski definition) is 5. The van der Waals surface area contributed by atoms with Crippen LogP contribution in [0.15, 0.2) is 23.1 Å². The molecule has 1 aliphatic carbocycles. The van der Waals surface area contributed by atoms with E-state index in [-0.39, 0.29) is 22.4 Å². The number of benzene rings is 1. The zero-order valence-corrected chi connectivity index (χ0v) is 15.8. The molecule has 0 bridgehead atoms. The molecule has 0 spiro atoms. The Morgan fingerprint density at radius 3 is 2.48 bits per heavy atom. The topological polar surface area (TPSA) is 102 Å². The van der Waals surface area contributed by atoms with Crippen LogP contribution in [0.3, 0.4) is 0 Å². The van der Waals surface area contributed by atoms with Gasteiger partial charge in [-0.1, -0.05) is 13.8 Å². The highest BCUT2D eigenvalue weighted by molar-refractivity contribution is 7.89. The fraction of sp³-hybridized carbons (Fsp3) is 0.588. The predicted molar refractivity (Wildman–Crippen MR) is 96.1 cm³/mol. The first kappa shape index (κ1) is 19.7. The van der Waals surface area contributed by atoms with Gasteiger partial charge in [0.25, 0.3) is 5.91 Å². The van der Waals surface area contributed by atoms with Crippen molar-refractivity contribution in [3.63, 3.8) is 0 Å². The summed E-state index contributed by atoms with van der Waals surface area (Å²) in [6.45, 7) is 4.64. The van der Waals surface area contributed by atoms with E-state index in [0.717, 1.165) is 12.8 Å². The number of amides is 1. The molecule has 0 saturated heterocycles. The molecule has 0 radical (unpaired) electrons. The summed E-state index contributed by atoms with van der Waals surface area (Å²) < 4.78 is 32.0. The monoisotopic (exact) mass is 369 g/mol. The average Bonchev–Trinajstić information content (AvgIpc) is 3.44. The number of methoxy groups -OCH3 is 1. The lowest BCUT2D eigenvalue weighted by Gasteiger charge is -2.20. The number of nitrogens with zero attached hydrogens (tertiary/aromatic N) is 1. The Labute approximate surface area is 149 Å². The van der Waals surface area contributed by atoms with Crippen LogP contribution in [0.25, 0.3) is 0 Å². The molecule has 0 aliphatic heterocycles. The zero-order valence-electron chi connectivity index (χ0n) is 15.0. The van der Waals surface area contributed by atoms with Crippen molar-refractivity contribution < 1.29 is 17.9 Å². The van der Waals surface area contributed by atoms with Crippen molar-refractivity contribution in [3.05, 3.63) is 23.8 Å². The van der Waals surface area contributed by atoms with Crippen molar-refractivity contribution in [1.82, 2.24) is 9.62 Å². The van der Waals surface area contributed by atoms with Crippen molar-refractivity contribution in [1.29, 1.82) is 0 Å². The van der Waals surface area contributed by atoms with E-state index in [9.17, 15) is 13.2 Å². The van der Waals surface area contributed by atoms with E-state index in [1.54, 1.807) is 13.8 Å². The third-order valence-corrected chi connectivity index (χ3v) is 6.57. The van der Waals surface area contributed by atoms with Crippen LogP contribution in [0.1, 0.15) is 37.0 Å². The third-order valence-electron chi connectivity index (χ3n) is 4.52. The molecule has 1 aromatic rings. The lowest BCUT2D eigenvalue weighted by atomic mass is 10.1. The van der Waals surface area contributed by atoms with Gasteiger partial charge in [-0.05, 0) is 37.0 Å². The highest BCUT2D eigenvalue weighted by Gasteiger charge is 2.32. The van der Waals surface area contributed by atoms with Crippen molar-refractivity contribution in [2.45, 2.75) is 37.6 Å². The number of rotatable bonds is 9. The van der Waals surface area contributed by atoms with E-state index in [1.807, 2.05) is 0 Å². The molecule has 0 heterocycles. The molecule has 1 aromatic carbocycles. The Hall–Kier alpha value is -1.64. The minimum Gasteiger partial charge on any atom is -0.496 e. The van der Waals surface area contributed by atoms with Gasteiger partial charge < -0.3 is 15.8 Å². The molecule has 2 rings (SSSR count). The summed E-state index contributed by atoms with van der Waals surface area (Å²) in [7, 11) is -2.20. The quantitative estimate of drug-likeness (QED) is 0.681. The predicted octanol–water partition coefficient (Wildman–Crippen LogP) is 1.19. The first-order valence-electron chi connectivity index (χ1n) is 8.58. The van der Waals surface area contributed by atoms with E-state index >= 15 is 0 Å². The molecule has 7 nitrogen and oxygen atoms in total. The summed E-state index contributed by atoms with van der Waals surface area (Å²) in [5.74, 6) is 0.376. The summed E-state index contributed by atoms with van der Waals surface area (Å²) in [6.07, 6.45) is 2.10. The normalized spacial score (nSPS) is 15.9. The number of carbonyl (C=O) groups excluding carboxylic acids is 1. The first-order valence-corrected chi connectivity index (χ1v) is 10.0. The van der Waals surface area contributed by atoms with E-state index in [1.165, 1.54) is 29.6 Å². The van der Waals surface area contributed by atoms with Crippen molar-refractivity contribution in [2.75, 3.05) is 26.7 Å². The third kappa shape index (κ3) is 4.31. The van der Waals surface area contributed by atoms with Gasteiger partial charge in [0.1, 0.15) is 5.75 Å². The SMILES string of the molecule is CCN(CC)S(=O)(=O)c1ccc(OC)c(C(=O)NC(CN)C2CC2)c1. The smallest absolute Gasteiger partial charge is 0.255 e. The van der Waals surface area contributed by atoms with Gasteiger partial charge in [0.15, 0.2) is 0 Å². The van der Waals surface area contributed by atoms with Crippen LogP contribution >= 0.6 is 0 Å². The van der Waals surface area contributed by atoms with Gasteiger partial charge in [-0.2, -0.15) is 4.31 Å². The molecule has 0 aromatic heterocycles. The Bertz CT molecular complexity index is 713.